The number of amides is 1. The molecule has 0 fully saturated rings. The van der Waals surface area contributed by atoms with Crippen LogP contribution in [0, 0.1) is 11.6 Å². The first-order valence-electron chi connectivity index (χ1n) is 9.85. The Balaban J connectivity index is 1.77. The summed E-state index contributed by atoms with van der Waals surface area (Å²) >= 11 is 0. The molecule has 0 saturated heterocycles. The summed E-state index contributed by atoms with van der Waals surface area (Å²) in [5.41, 5.74) is 1.36. The van der Waals surface area contributed by atoms with Gasteiger partial charge in [0.15, 0.2) is 0 Å². The lowest BCUT2D eigenvalue weighted by atomic mass is 9.96. The van der Waals surface area contributed by atoms with Crippen molar-refractivity contribution in [3.63, 3.8) is 0 Å². The molecule has 0 saturated carbocycles. The minimum Gasteiger partial charge on any atom is -0.508 e. The highest BCUT2D eigenvalue weighted by Crippen LogP contribution is 2.31. The summed E-state index contributed by atoms with van der Waals surface area (Å²) in [6, 6.07) is 17.8. The third-order valence-electron chi connectivity index (χ3n) is 4.98. The lowest BCUT2D eigenvalue weighted by Crippen LogP contribution is -2.14. The third-order valence-corrected chi connectivity index (χ3v) is 4.98. The summed E-state index contributed by atoms with van der Waals surface area (Å²) in [6.45, 7) is 0. The van der Waals surface area contributed by atoms with Crippen molar-refractivity contribution in [2.45, 2.75) is 0 Å². The largest absolute Gasteiger partial charge is 0.508 e. The van der Waals surface area contributed by atoms with Crippen molar-refractivity contribution in [3.05, 3.63) is 102 Å². The van der Waals surface area contributed by atoms with Gasteiger partial charge < -0.3 is 15.5 Å². The molecule has 0 aliphatic rings. The lowest BCUT2D eigenvalue weighted by molar-refractivity contribution is -0.131. The van der Waals surface area contributed by atoms with Gasteiger partial charge in [-0.25, -0.2) is 13.6 Å². The maximum Gasteiger partial charge on any atom is 0.328 e. The molecule has 3 N–H and O–H groups in total. The van der Waals surface area contributed by atoms with Crippen molar-refractivity contribution in [3.8, 4) is 16.9 Å². The van der Waals surface area contributed by atoms with Gasteiger partial charge in [-0.15, -0.1) is 0 Å². The monoisotopic (exact) mass is 445 g/mol. The number of hydrogen-bond acceptors (Lipinski definition) is 3. The minimum atomic E-state index is -1.16. The Labute approximate surface area is 187 Å². The Hall–Kier alpha value is -4.52. The van der Waals surface area contributed by atoms with Crippen LogP contribution in [-0.4, -0.2) is 22.1 Å². The Bertz CT molecular complexity index is 1410. The van der Waals surface area contributed by atoms with E-state index in [-0.39, 0.29) is 17.0 Å². The van der Waals surface area contributed by atoms with E-state index in [1.165, 1.54) is 36.4 Å². The number of aliphatic carboxylic acids is 1. The topological polar surface area (TPSA) is 86.6 Å². The number of fused-ring (bicyclic) bond motifs is 1. The summed E-state index contributed by atoms with van der Waals surface area (Å²) in [4.78, 5) is 23.9. The number of rotatable bonds is 5. The van der Waals surface area contributed by atoms with Crippen LogP contribution >= 0.6 is 0 Å². The van der Waals surface area contributed by atoms with Crippen LogP contribution in [0.25, 0.3) is 28.0 Å². The molecule has 0 heterocycles. The molecule has 0 spiro atoms. The molecular formula is C26H17F2NO4. The first-order chi connectivity index (χ1) is 15.8. The number of carboxylic acid groups (broad SMARTS) is 1. The van der Waals surface area contributed by atoms with Gasteiger partial charge in [0, 0.05) is 17.7 Å². The molecule has 1 amide bonds. The standard InChI is InChI=1S/C26H17F2NO4/c27-19-11-18(12-20(30)14-19)17-10-16-3-1-2-4-21(16)22(13-17)26(33)29-24-9-15(5-7-23(24)28)6-8-25(31)32/h1-14,30H,(H,29,33)(H,31,32)/b8-6+. The number of hydrogen-bond donors (Lipinski definition) is 3. The summed E-state index contributed by atoms with van der Waals surface area (Å²) in [6.07, 6.45) is 2.19. The normalized spacial score (nSPS) is 11.1. The molecule has 0 atom stereocenters. The Morgan fingerprint density at radius 1 is 0.879 bits per heavy atom. The molecule has 4 rings (SSSR count). The van der Waals surface area contributed by atoms with Crippen molar-refractivity contribution in [2.75, 3.05) is 5.32 Å². The minimum absolute atomic E-state index is 0.120. The van der Waals surface area contributed by atoms with Gasteiger partial charge in [-0.1, -0.05) is 30.3 Å². The van der Waals surface area contributed by atoms with E-state index in [4.69, 9.17) is 5.11 Å². The van der Waals surface area contributed by atoms with Gasteiger partial charge in [0.05, 0.1) is 5.69 Å². The van der Waals surface area contributed by atoms with E-state index in [2.05, 4.69) is 5.32 Å². The Kier molecular flexibility index (Phi) is 5.87. The van der Waals surface area contributed by atoms with E-state index in [0.29, 0.717) is 27.5 Å². The number of carbonyl (C=O) groups excluding carboxylic acids is 1. The van der Waals surface area contributed by atoms with E-state index in [0.717, 1.165) is 18.2 Å². The smallest absolute Gasteiger partial charge is 0.328 e. The second-order valence-corrected chi connectivity index (χ2v) is 7.31. The molecule has 0 radical (unpaired) electrons. The van der Waals surface area contributed by atoms with Crippen LogP contribution < -0.4 is 5.32 Å². The first-order valence-corrected chi connectivity index (χ1v) is 9.85. The van der Waals surface area contributed by atoms with Crippen molar-refractivity contribution in [1.82, 2.24) is 0 Å². The van der Waals surface area contributed by atoms with Crippen molar-refractivity contribution in [2.24, 2.45) is 0 Å². The van der Waals surface area contributed by atoms with Crippen LogP contribution in [0.2, 0.25) is 0 Å². The summed E-state index contributed by atoms with van der Waals surface area (Å²) in [5.74, 6) is -3.33. The fraction of sp³-hybridized carbons (Fsp3) is 0. The molecular weight excluding hydrogens is 428 g/mol. The SMILES string of the molecule is O=C(O)/C=C/c1ccc(F)c(NC(=O)c2cc(-c3cc(O)cc(F)c3)cc3ccccc23)c1. The number of carboxylic acids is 1. The Morgan fingerprint density at radius 3 is 2.39 bits per heavy atom. The van der Waals surface area contributed by atoms with Gasteiger partial charge in [-0.3, -0.25) is 4.79 Å². The number of benzene rings is 4. The van der Waals surface area contributed by atoms with Gasteiger partial charge in [-0.05, 0) is 69.9 Å². The molecule has 164 valence electrons. The van der Waals surface area contributed by atoms with Gasteiger partial charge in [0.1, 0.15) is 17.4 Å². The molecule has 0 unspecified atom stereocenters. The molecule has 7 heteroatoms. The van der Waals surface area contributed by atoms with Gasteiger partial charge in [0.2, 0.25) is 0 Å². The van der Waals surface area contributed by atoms with Crippen molar-refractivity contribution in [1.29, 1.82) is 0 Å². The molecule has 0 aliphatic carbocycles. The van der Waals surface area contributed by atoms with Crippen LogP contribution in [0.4, 0.5) is 14.5 Å². The highest BCUT2D eigenvalue weighted by Gasteiger charge is 2.16. The molecule has 4 aromatic carbocycles. The van der Waals surface area contributed by atoms with Crippen LogP contribution in [0.1, 0.15) is 15.9 Å². The van der Waals surface area contributed by atoms with Gasteiger partial charge in [-0.2, -0.15) is 0 Å². The fourth-order valence-corrected chi connectivity index (χ4v) is 3.51. The molecule has 33 heavy (non-hydrogen) atoms. The number of aromatic hydroxyl groups is 1. The zero-order valence-electron chi connectivity index (χ0n) is 17.0. The zero-order chi connectivity index (χ0) is 23.5. The third kappa shape index (κ3) is 4.88. The second kappa shape index (κ2) is 8.92. The Morgan fingerprint density at radius 2 is 1.64 bits per heavy atom. The van der Waals surface area contributed by atoms with Crippen LogP contribution in [-0.2, 0) is 4.79 Å². The zero-order valence-corrected chi connectivity index (χ0v) is 17.0. The molecule has 5 nitrogen and oxygen atoms in total. The highest BCUT2D eigenvalue weighted by molar-refractivity contribution is 6.14. The fourth-order valence-electron chi connectivity index (χ4n) is 3.51. The number of carbonyl (C=O) groups is 2. The van der Waals surface area contributed by atoms with Crippen molar-refractivity contribution >= 4 is 34.4 Å². The molecule has 4 aromatic rings. The average molecular weight is 445 g/mol. The summed E-state index contributed by atoms with van der Waals surface area (Å²) in [7, 11) is 0. The van der Waals surface area contributed by atoms with Crippen LogP contribution in [0.5, 0.6) is 5.75 Å². The number of nitrogens with one attached hydrogen (secondary N) is 1. The second-order valence-electron chi connectivity index (χ2n) is 7.31. The number of phenols is 1. The average Bonchev–Trinajstić information content (AvgIpc) is 2.78. The van der Waals surface area contributed by atoms with Crippen LogP contribution in [0.3, 0.4) is 0 Å². The molecule has 0 aromatic heterocycles. The first kappa shape index (κ1) is 21.7. The maximum atomic E-state index is 14.4. The van der Waals surface area contributed by atoms with E-state index in [1.807, 2.05) is 0 Å². The van der Waals surface area contributed by atoms with E-state index >= 15 is 0 Å². The maximum absolute atomic E-state index is 14.4. The van der Waals surface area contributed by atoms with E-state index in [9.17, 15) is 23.5 Å². The summed E-state index contributed by atoms with van der Waals surface area (Å²) in [5, 5.41) is 22.4. The van der Waals surface area contributed by atoms with Crippen LogP contribution in [0.15, 0.2) is 78.9 Å². The quantitative estimate of drug-likeness (QED) is 0.337. The highest BCUT2D eigenvalue weighted by atomic mass is 19.1. The number of phenolic OH excluding ortho intramolecular Hbond substituents is 1. The summed E-state index contributed by atoms with van der Waals surface area (Å²) < 4.78 is 28.2. The van der Waals surface area contributed by atoms with Gasteiger partial charge in [0.25, 0.3) is 5.91 Å². The molecule has 0 aliphatic heterocycles. The lowest BCUT2D eigenvalue weighted by Gasteiger charge is -2.12. The predicted octanol–water partition coefficient (Wildman–Crippen LogP) is 5.84. The molecule has 0 bridgehead atoms. The predicted molar refractivity (Wildman–Crippen MR) is 122 cm³/mol. The van der Waals surface area contributed by atoms with Crippen molar-refractivity contribution < 1.29 is 28.6 Å². The van der Waals surface area contributed by atoms with Gasteiger partial charge >= 0.3 is 5.97 Å². The van der Waals surface area contributed by atoms with E-state index in [1.54, 1.807) is 30.3 Å². The number of anilines is 1. The number of halogens is 2. The van der Waals surface area contributed by atoms with E-state index < -0.39 is 23.5 Å².